The van der Waals surface area contributed by atoms with E-state index in [-0.39, 0.29) is 11.7 Å². The van der Waals surface area contributed by atoms with Crippen molar-refractivity contribution in [3.63, 3.8) is 0 Å². The van der Waals surface area contributed by atoms with Crippen LogP contribution in [0.15, 0.2) is 42.5 Å². The lowest BCUT2D eigenvalue weighted by Gasteiger charge is -2.18. The molecule has 0 aliphatic carbocycles. The first-order valence-electron chi connectivity index (χ1n) is 7.95. The molecule has 1 aliphatic heterocycles. The van der Waals surface area contributed by atoms with Crippen LogP contribution in [0.25, 0.3) is 0 Å². The molecular formula is C19H20FNO3. The molecule has 2 aromatic rings. The average Bonchev–Trinajstić information content (AvgIpc) is 3.03. The van der Waals surface area contributed by atoms with Gasteiger partial charge < -0.3 is 9.84 Å². The third-order valence-electron chi connectivity index (χ3n) is 4.54. The maximum atomic E-state index is 13.5. The Labute approximate surface area is 140 Å². The molecule has 1 N–H and O–H groups in total. The Balaban J connectivity index is 1.75. The van der Waals surface area contributed by atoms with E-state index >= 15 is 0 Å². The van der Waals surface area contributed by atoms with Gasteiger partial charge in [-0.2, -0.15) is 0 Å². The van der Waals surface area contributed by atoms with Crippen LogP contribution in [-0.4, -0.2) is 36.2 Å². The van der Waals surface area contributed by atoms with Crippen molar-refractivity contribution in [3.05, 3.63) is 65.0 Å². The predicted octanol–water partition coefficient (Wildman–Crippen LogP) is 3.52. The number of hydrogen-bond donors (Lipinski definition) is 1. The Morgan fingerprint density at radius 3 is 2.88 bits per heavy atom. The molecule has 1 fully saturated rings. The third kappa shape index (κ3) is 3.41. The van der Waals surface area contributed by atoms with Gasteiger partial charge in [-0.3, -0.25) is 4.90 Å². The summed E-state index contributed by atoms with van der Waals surface area (Å²) in [6.45, 7) is 2.19. The van der Waals surface area contributed by atoms with Gasteiger partial charge in [0.1, 0.15) is 11.6 Å². The number of nitrogens with zero attached hydrogens (tertiary/aromatic N) is 1. The van der Waals surface area contributed by atoms with Crippen molar-refractivity contribution in [2.75, 3.05) is 20.2 Å². The number of ether oxygens (including phenoxy) is 1. The molecule has 0 unspecified atom stereocenters. The molecule has 1 heterocycles. The first-order valence-corrected chi connectivity index (χ1v) is 7.95. The minimum Gasteiger partial charge on any atom is -0.496 e. The highest BCUT2D eigenvalue weighted by molar-refractivity contribution is 5.89. The monoisotopic (exact) mass is 329 g/mol. The zero-order chi connectivity index (χ0) is 17.1. The lowest BCUT2D eigenvalue weighted by molar-refractivity contribution is 0.0695. The SMILES string of the molecule is COc1ccc(F)cc1CN1CC[C@@H](c2ccccc2C(=O)O)C1. The van der Waals surface area contributed by atoms with Gasteiger partial charge in [-0.1, -0.05) is 18.2 Å². The Bertz CT molecular complexity index is 747. The molecule has 1 saturated heterocycles. The maximum absolute atomic E-state index is 13.5. The third-order valence-corrected chi connectivity index (χ3v) is 4.54. The quantitative estimate of drug-likeness (QED) is 0.912. The molecule has 24 heavy (non-hydrogen) atoms. The second-order valence-corrected chi connectivity index (χ2v) is 6.07. The molecule has 0 spiro atoms. The smallest absolute Gasteiger partial charge is 0.335 e. The van der Waals surface area contributed by atoms with E-state index in [1.807, 2.05) is 12.1 Å². The molecule has 0 radical (unpaired) electrons. The van der Waals surface area contributed by atoms with Crippen LogP contribution in [0.1, 0.15) is 33.8 Å². The van der Waals surface area contributed by atoms with Crippen molar-refractivity contribution in [2.24, 2.45) is 0 Å². The van der Waals surface area contributed by atoms with Crippen molar-refractivity contribution in [2.45, 2.75) is 18.9 Å². The van der Waals surface area contributed by atoms with Gasteiger partial charge in [-0.15, -0.1) is 0 Å². The highest BCUT2D eigenvalue weighted by Gasteiger charge is 2.27. The molecule has 4 nitrogen and oxygen atoms in total. The highest BCUT2D eigenvalue weighted by Crippen LogP contribution is 2.31. The summed E-state index contributed by atoms with van der Waals surface area (Å²) in [5.74, 6) is -0.323. The van der Waals surface area contributed by atoms with E-state index in [2.05, 4.69) is 4.90 Å². The van der Waals surface area contributed by atoms with E-state index in [0.717, 1.165) is 30.6 Å². The van der Waals surface area contributed by atoms with Gasteiger partial charge in [-0.05, 0) is 48.7 Å². The van der Waals surface area contributed by atoms with Crippen LogP contribution >= 0.6 is 0 Å². The van der Waals surface area contributed by atoms with Crippen molar-refractivity contribution < 1.29 is 19.0 Å². The summed E-state index contributed by atoms with van der Waals surface area (Å²) in [7, 11) is 1.58. The summed E-state index contributed by atoms with van der Waals surface area (Å²) < 4.78 is 18.8. The van der Waals surface area contributed by atoms with E-state index in [4.69, 9.17) is 4.74 Å². The molecule has 0 aromatic heterocycles. The Morgan fingerprint density at radius 2 is 2.12 bits per heavy atom. The fraction of sp³-hybridized carbons (Fsp3) is 0.316. The van der Waals surface area contributed by atoms with Gasteiger partial charge in [0.05, 0.1) is 12.7 Å². The molecule has 0 saturated carbocycles. The number of methoxy groups -OCH3 is 1. The molecule has 1 aliphatic rings. The van der Waals surface area contributed by atoms with E-state index in [1.165, 1.54) is 12.1 Å². The fourth-order valence-electron chi connectivity index (χ4n) is 3.39. The topological polar surface area (TPSA) is 49.8 Å². The molecular weight excluding hydrogens is 309 g/mol. The summed E-state index contributed by atoms with van der Waals surface area (Å²) in [4.78, 5) is 13.6. The van der Waals surface area contributed by atoms with Crippen LogP contribution in [0.4, 0.5) is 4.39 Å². The van der Waals surface area contributed by atoms with Crippen LogP contribution in [0.2, 0.25) is 0 Å². The van der Waals surface area contributed by atoms with Crippen LogP contribution < -0.4 is 4.74 Å². The van der Waals surface area contributed by atoms with Gasteiger partial charge >= 0.3 is 5.97 Å². The Morgan fingerprint density at radius 1 is 1.33 bits per heavy atom. The largest absolute Gasteiger partial charge is 0.496 e. The summed E-state index contributed by atoms with van der Waals surface area (Å²) in [6.07, 6.45) is 0.891. The summed E-state index contributed by atoms with van der Waals surface area (Å²) in [5.41, 5.74) is 2.05. The number of rotatable bonds is 5. The fourth-order valence-corrected chi connectivity index (χ4v) is 3.39. The molecule has 2 aromatic carbocycles. The normalized spacial score (nSPS) is 17.8. The number of likely N-dealkylation sites (tertiary alicyclic amines) is 1. The van der Waals surface area contributed by atoms with Crippen LogP contribution in [-0.2, 0) is 6.54 Å². The highest BCUT2D eigenvalue weighted by atomic mass is 19.1. The first kappa shape index (κ1) is 16.5. The van der Waals surface area contributed by atoms with E-state index < -0.39 is 5.97 Å². The van der Waals surface area contributed by atoms with Crippen LogP contribution in [0.5, 0.6) is 5.75 Å². The summed E-state index contributed by atoms with van der Waals surface area (Å²) in [5, 5.41) is 9.35. The molecule has 0 bridgehead atoms. The lowest BCUT2D eigenvalue weighted by Crippen LogP contribution is -2.20. The number of halogens is 1. The molecule has 3 rings (SSSR count). The van der Waals surface area contributed by atoms with Gasteiger partial charge in [-0.25, -0.2) is 9.18 Å². The number of aromatic carboxylic acids is 1. The van der Waals surface area contributed by atoms with Crippen LogP contribution in [0, 0.1) is 5.82 Å². The van der Waals surface area contributed by atoms with Crippen molar-refractivity contribution in [1.82, 2.24) is 4.90 Å². The number of carboxylic acids is 1. The standard InChI is InChI=1S/C19H20FNO3/c1-24-18-7-6-15(20)10-14(18)12-21-9-8-13(11-21)16-4-2-3-5-17(16)19(22)23/h2-7,10,13H,8-9,11-12H2,1H3,(H,22,23)/t13-/m1/s1. The Kier molecular flexibility index (Phi) is 4.81. The lowest BCUT2D eigenvalue weighted by atomic mass is 9.93. The Hall–Kier alpha value is -2.40. The second kappa shape index (κ2) is 7.01. The predicted molar refractivity (Wildman–Crippen MR) is 89.0 cm³/mol. The minimum absolute atomic E-state index is 0.178. The first-order chi connectivity index (χ1) is 11.6. The number of hydrogen-bond acceptors (Lipinski definition) is 3. The minimum atomic E-state index is -0.893. The van der Waals surface area contributed by atoms with Gasteiger partial charge in [0.2, 0.25) is 0 Å². The van der Waals surface area contributed by atoms with E-state index in [0.29, 0.717) is 17.9 Å². The van der Waals surface area contributed by atoms with Crippen LogP contribution in [0.3, 0.4) is 0 Å². The number of benzene rings is 2. The second-order valence-electron chi connectivity index (χ2n) is 6.07. The molecule has 1 atom stereocenters. The maximum Gasteiger partial charge on any atom is 0.335 e. The molecule has 126 valence electrons. The molecule has 0 amide bonds. The zero-order valence-electron chi connectivity index (χ0n) is 13.5. The van der Waals surface area contributed by atoms with Gasteiger partial charge in [0, 0.05) is 18.7 Å². The van der Waals surface area contributed by atoms with Crippen molar-refractivity contribution >= 4 is 5.97 Å². The van der Waals surface area contributed by atoms with E-state index in [1.54, 1.807) is 25.3 Å². The van der Waals surface area contributed by atoms with Gasteiger partial charge in [0.25, 0.3) is 0 Å². The number of carbonyl (C=O) groups is 1. The van der Waals surface area contributed by atoms with Crippen molar-refractivity contribution in [3.8, 4) is 5.75 Å². The average molecular weight is 329 g/mol. The van der Waals surface area contributed by atoms with Crippen molar-refractivity contribution in [1.29, 1.82) is 0 Å². The summed E-state index contributed by atoms with van der Waals surface area (Å²) in [6, 6.07) is 11.7. The number of carboxylic acid groups (broad SMARTS) is 1. The zero-order valence-corrected chi connectivity index (χ0v) is 13.5. The van der Waals surface area contributed by atoms with E-state index in [9.17, 15) is 14.3 Å². The molecule has 5 heteroatoms. The van der Waals surface area contributed by atoms with Gasteiger partial charge in [0.15, 0.2) is 0 Å². The summed E-state index contributed by atoms with van der Waals surface area (Å²) >= 11 is 0.